The van der Waals surface area contributed by atoms with Crippen LogP contribution in [0.5, 0.6) is 11.5 Å². The summed E-state index contributed by atoms with van der Waals surface area (Å²) in [4.78, 5) is 25.8. The molecule has 0 bridgehead atoms. The number of ether oxygens (including phenoxy) is 1. The monoisotopic (exact) mass is 590 g/mol. The van der Waals surface area contributed by atoms with Crippen molar-refractivity contribution in [2.45, 2.75) is 65.0 Å². The highest BCUT2D eigenvalue weighted by molar-refractivity contribution is 7.88. The maximum atomic E-state index is 14.2. The number of aromatic nitrogens is 2. The van der Waals surface area contributed by atoms with Crippen LogP contribution in [0.4, 0.5) is 10.2 Å². The molecule has 2 aromatic rings. The summed E-state index contributed by atoms with van der Waals surface area (Å²) in [6.07, 6.45) is 9.14. The second-order valence-corrected chi connectivity index (χ2v) is 13.3. The van der Waals surface area contributed by atoms with E-state index in [4.69, 9.17) is 4.74 Å². The van der Waals surface area contributed by atoms with Crippen molar-refractivity contribution in [1.29, 1.82) is 0 Å². The third-order valence-electron chi connectivity index (χ3n) is 7.97. The topological polar surface area (TPSA) is 117 Å². The van der Waals surface area contributed by atoms with Crippen LogP contribution in [0.2, 0.25) is 0 Å². The Morgan fingerprint density at radius 2 is 1.93 bits per heavy atom. The molecule has 0 radical (unpaired) electrons. The van der Waals surface area contributed by atoms with Crippen molar-refractivity contribution in [3.8, 4) is 11.5 Å². The summed E-state index contributed by atoms with van der Waals surface area (Å²) in [6, 6.07) is 3.97. The predicted molar refractivity (Wildman–Crippen MR) is 157 cm³/mol. The highest BCUT2D eigenvalue weighted by atomic mass is 32.2. The summed E-state index contributed by atoms with van der Waals surface area (Å²) in [5, 5.41) is 3.40. The molecule has 10 nitrogen and oxygen atoms in total. The summed E-state index contributed by atoms with van der Waals surface area (Å²) in [5.74, 6) is 1.37. The summed E-state index contributed by atoms with van der Waals surface area (Å²) >= 11 is 0. The molecule has 12 heteroatoms. The molecule has 1 saturated heterocycles. The summed E-state index contributed by atoms with van der Waals surface area (Å²) in [5.41, 5.74) is 0.155. The van der Waals surface area contributed by atoms with Crippen molar-refractivity contribution in [1.82, 2.24) is 24.5 Å². The van der Waals surface area contributed by atoms with Crippen LogP contribution < -0.4 is 14.8 Å². The third-order valence-corrected chi connectivity index (χ3v) is 8.73. The van der Waals surface area contributed by atoms with E-state index in [1.165, 1.54) is 30.8 Å². The number of anilines is 1. The number of likely N-dealkylation sites (tertiary alicyclic amines) is 1. The molecule has 0 unspecified atom stereocenters. The zero-order chi connectivity index (χ0) is 29.6. The molecule has 1 aromatic carbocycles. The molecule has 4 rings (SSSR count). The maximum Gasteiger partial charge on any atom is 0.257 e. The number of carbonyl (C=O) groups is 1. The van der Waals surface area contributed by atoms with Gasteiger partial charge in [-0.15, -0.1) is 0 Å². The van der Waals surface area contributed by atoms with Gasteiger partial charge in [0.25, 0.3) is 5.91 Å². The van der Waals surface area contributed by atoms with Crippen LogP contribution in [-0.2, 0) is 10.0 Å². The third kappa shape index (κ3) is 8.83. The number of sulfonamides is 1. The van der Waals surface area contributed by atoms with E-state index in [9.17, 15) is 17.6 Å². The largest absolute Gasteiger partial charge is 0.451 e. The molecule has 2 aliphatic rings. The average molecular weight is 591 g/mol. The van der Waals surface area contributed by atoms with Crippen LogP contribution in [0.15, 0.2) is 30.7 Å². The molecule has 0 spiro atoms. The van der Waals surface area contributed by atoms with Crippen LogP contribution >= 0.6 is 0 Å². The lowest BCUT2D eigenvalue weighted by molar-refractivity contribution is 0.0713. The second kappa shape index (κ2) is 13.9. The highest BCUT2D eigenvalue weighted by Crippen LogP contribution is 2.32. The first-order valence-electron chi connectivity index (χ1n) is 14.5. The van der Waals surface area contributed by atoms with Crippen LogP contribution in [0.25, 0.3) is 0 Å². The molecule has 41 heavy (non-hydrogen) atoms. The van der Waals surface area contributed by atoms with Crippen LogP contribution in [0, 0.1) is 17.7 Å². The fraction of sp³-hybridized carbons (Fsp3) is 0.621. The van der Waals surface area contributed by atoms with E-state index < -0.39 is 15.8 Å². The van der Waals surface area contributed by atoms with Gasteiger partial charge in [0, 0.05) is 38.3 Å². The Kier molecular flexibility index (Phi) is 10.5. The molecule has 1 aromatic heterocycles. The number of hydrogen-bond acceptors (Lipinski definition) is 8. The van der Waals surface area contributed by atoms with Gasteiger partial charge in [-0.2, -0.15) is 0 Å². The van der Waals surface area contributed by atoms with Crippen molar-refractivity contribution in [2.75, 3.05) is 44.3 Å². The van der Waals surface area contributed by atoms with Crippen molar-refractivity contribution in [3.05, 3.63) is 42.1 Å². The summed E-state index contributed by atoms with van der Waals surface area (Å²) < 4.78 is 46.0. The van der Waals surface area contributed by atoms with Crippen LogP contribution in [0.1, 0.15) is 63.2 Å². The minimum absolute atomic E-state index is 0.0428. The highest BCUT2D eigenvalue weighted by Gasteiger charge is 2.29. The number of benzene rings is 1. The van der Waals surface area contributed by atoms with E-state index in [-0.39, 0.29) is 29.3 Å². The Balaban J connectivity index is 1.32. The van der Waals surface area contributed by atoms with Crippen LogP contribution in [0.3, 0.4) is 0 Å². The number of nitrogens with one attached hydrogen (secondary N) is 2. The van der Waals surface area contributed by atoms with Gasteiger partial charge in [-0.3, -0.25) is 4.79 Å². The zero-order valence-electron chi connectivity index (χ0n) is 24.5. The second-order valence-electron chi connectivity index (χ2n) is 11.6. The van der Waals surface area contributed by atoms with E-state index in [1.807, 2.05) is 20.8 Å². The quantitative estimate of drug-likeness (QED) is 0.379. The molecule has 1 aliphatic carbocycles. The SMILES string of the molecule is CCN(C(=O)c1cc(F)ccc1Oc1cncnc1NC[C@H]1CCN(C[C@H]2CC[C@H](NS(C)(=O)=O)CC2)C1)C(C)C. The molecule has 2 fully saturated rings. The van der Waals surface area contributed by atoms with Gasteiger partial charge in [0.1, 0.15) is 17.9 Å². The van der Waals surface area contributed by atoms with Gasteiger partial charge in [0.15, 0.2) is 11.6 Å². The molecular formula is C29H43FN6O4S. The van der Waals surface area contributed by atoms with Crippen molar-refractivity contribution in [2.24, 2.45) is 11.8 Å². The Hall–Kier alpha value is -2.83. The van der Waals surface area contributed by atoms with Crippen molar-refractivity contribution in [3.63, 3.8) is 0 Å². The van der Waals surface area contributed by atoms with E-state index in [0.717, 1.165) is 51.7 Å². The standard InChI is InChI=1S/C29H43FN6O4S/c1-5-36(20(2)3)29(37)25-14-23(30)8-11-26(25)40-27-16-31-19-33-28(27)32-15-22-12-13-35(18-22)17-21-6-9-24(10-7-21)34-41(4,38)39/h8,11,14,16,19-22,24,34H,5-7,9-10,12-13,15,17-18H2,1-4H3,(H,31,32,33)/t21-,22-,24-/m1/s1. The molecule has 2 heterocycles. The molecule has 226 valence electrons. The number of amides is 1. The fourth-order valence-electron chi connectivity index (χ4n) is 5.92. The van der Waals surface area contributed by atoms with Crippen LogP contribution in [-0.4, -0.2) is 85.2 Å². The lowest BCUT2D eigenvalue weighted by Crippen LogP contribution is -2.39. The first-order chi connectivity index (χ1) is 19.5. The zero-order valence-corrected chi connectivity index (χ0v) is 25.3. The Morgan fingerprint density at radius 3 is 2.61 bits per heavy atom. The number of carbonyl (C=O) groups excluding carboxylic acids is 1. The number of halogens is 1. The van der Waals surface area contributed by atoms with E-state index in [2.05, 4.69) is 24.9 Å². The van der Waals surface area contributed by atoms with Gasteiger partial charge in [-0.25, -0.2) is 27.5 Å². The molecule has 1 aliphatic heterocycles. The molecule has 1 atom stereocenters. The maximum absolute atomic E-state index is 14.2. The minimum atomic E-state index is -3.15. The van der Waals surface area contributed by atoms with Gasteiger partial charge in [0.05, 0.1) is 18.0 Å². The number of nitrogens with zero attached hydrogens (tertiary/aromatic N) is 4. The normalized spacial score (nSPS) is 21.7. The number of rotatable bonds is 12. The first kappa shape index (κ1) is 31.1. The van der Waals surface area contributed by atoms with E-state index in [0.29, 0.717) is 36.5 Å². The smallest absolute Gasteiger partial charge is 0.257 e. The fourth-order valence-corrected chi connectivity index (χ4v) is 6.76. The van der Waals surface area contributed by atoms with Gasteiger partial charge in [-0.1, -0.05) is 0 Å². The summed E-state index contributed by atoms with van der Waals surface area (Å²) in [6.45, 7) is 9.98. The Bertz CT molecular complexity index is 1290. The molecule has 1 saturated carbocycles. The van der Waals surface area contributed by atoms with Crippen molar-refractivity contribution >= 4 is 21.7 Å². The first-order valence-corrected chi connectivity index (χ1v) is 16.4. The Morgan fingerprint density at radius 1 is 1.17 bits per heavy atom. The average Bonchev–Trinajstić information content (AvgIpc) is 3.36. The van der Waals surface area contributed by atoms with Gasteiger partial charge < -0.3 is 19.9 Å². The van der Waals surface area contributed by atoms with Crippen molar-refractivity contribution < 1.29 is 22.3 Å². The molecule has 1 amide bonds. The van der Waals surface area contributed by atoms with E-state index >= 15 is 0 Å². The Labute approximate surface area is 243 Å². The lowest BCUT2D eigenvalue weighted by Gasteiger charge is -2.31. The minimum Gasteiger partial charge on any atom is -0.451 e. The van der Waals surface area contributed by atoms with Gasteiger partial charge in [0.2, 0.25) is 10.0 Å². The predicted octanol–water partition coefficient (Wildman–Crippen LogP) is 4.12. The molecular weight excluding hydrogens is 547 g/mol. The van der Waals surface area contributed by atoms with E-state index in [1.54, 1.807) is 11.1 Å². The summed E-state index contributed by atoms with van der Waals surface area (Å²) in [7, 11) is -3.15. The van der Waals surface area contributed by atoms with Gasteiger partial charge >= 0.3 is 0 Å². The lowest BCUT2D eigenvalue weighted by atomic mass is 9.86. The molecule has 2 N–H and O–H groups in total. The van der Waals surface area contributed by atoms with Gasteiger partial charge in [-0.05, 0) is 89.5 Å². The number of hydrogen-bond donors (Lipinski definition) is 2.